The van der Waals surface area contributed by atoms with Crippen molar-refractivity contribution in [1.29, 1.82) is 0 Å². The first-order chi connectivity index (χ1) is 9.20. The summed E-state index contributed by atoms with van der Waals surface area (Å²) in [4.78, 5) is 0. The highest BCUT2D eigenvalue weighted by Gasteiger charge is 2.23. The summed E-state index contributed by atoms with van der Waals surface area (Å²) in [5.74, 6) is 0.819. The molecule has 19 heavy (non-hydrogen) atoms. The van der Waals surface area contributed by atoms with Crippen LogP contribution in [0.5, 0.6) is 0 Å². The average Bonchev–Trinajstić information content (AvgIpc) is 2.42. The monoisotopic (exact) mass is 285 g/mol. The fraction of sp³-hybridized carbons (Fsp3) is 0.600. The second-order valence-electron chi connectivity index (χ2n) is 5.29. The summed E-state index contributed by atoms with van der Waals surface area (Å²) in [5, 5.41) is 0.430. The Balaban J connectivity index is 1.82. The summed E-state index contributed by atoms with van der Waals surface area (Å²) >= 11 is 5.97. The van der Waals surface area contributed by atoms with Crippen molar-refractivity contribution in [1.82, 2.24) is 0 Å². The molecule has 2 N–H and O–H groups in total. The summed E-state index contributed by atoms with van der Waals surface area (Å²) in [6.45, 7) is 1.90. The third kappa shape index (κ3) is 4.16. The molecule has 2 rings (SSSR count). The van der Waals surface area contributed by atoms with E-state index in [9.17, 15) is 4.39 Å². The molecule has 4 heteroatoms. The lowest BCUT2D eigenvalue weighted by atomic mass is 9.80. The standard InChI is InChI=1S/C15H21ClFNO/c16-15-7-14(17)6-5-13(15)10-19-9-12-4-2-1-3-11(12)8-18/h5-7,11-12H,1-4,8-10,18H2. The van der Waals surface area contributed by atoms with Crippen molar-refractivity contribution in [2.45, 2.75) is 32.3 Å². The minimum Gasteiger partial charge on any atom is -0.376 e. The summed E-state index contributed by atoms with van der Waals surface area (Å²) in [6.07, 6.45) is 4.95. The highest BCUT2D eigenvalue weighted by molar-refractivity contribution is 6.31. The molecule has 106 valence electrons. The molecule has 2 atom stereocenters. The topological polar surface area (TPSA) is 35.2 Å². The molecule has 0 bridgehead atoms. The van der Waals surface area contributed by atoms with E-state index in [1.165, 1.54) is 37.8 Å². The molecule has 2 unspecified atom stereocenters. The molecule has 0 radical (unpaired) electrons. The smallest absolute Gasteiger partial charge is 0.124 e. The summed E-state index contributed by atoms with van der Waals surface area (Å²) < 4.78 is 18.7. The van der Waals surface area contributed by atoms with Crippen LogP contribution in [-0.2, 0) is 11.3 Å². The van der Waals surface area contributed by atoms with Gasteiger partial charge in [-0.2, -0.15) is 0 Å². The van der Waals surface area contributed by atoms with Gasteiger partial charge in [0, 0.05) is 5.02 Å². The largest absolute Gasteiger partial charge is 0.376 e. The molecule has 1 fully saturated rings. The minimum atomic E-state index is -0.316. The highest BCUT2D eigenvalue weighted by Crippen LogP contribution is 2.29. The molecule has 0 saturated heterocycles. The lowest BCUT2D eigenvalue weighted by molar-refractivity contribution is 0.0512. The Morgan fingerprint density at radius 1 is 1.26 bits per heavy atom. The second kappa shape index (κ2) is 7.22. The van der Waals surface area contributed by atoms with Crippen molar-refractivity contribution in [2.75, 3.05) is 13.2 Å². The van der Waals surface area contributed by atoms with Gasteiger partial charge in [-0.25, -0.2) is 4.39 Å². The summed E-state index contributed by atoms with van der Waals surface area (Å²) in [7, 11) is 0. The molecule has 1 saturated carbocycles. The summed E-state index contributed by atoms with van der Waals surface area (Å²) in [5.41, 5.74) is 6.64. The molecular weight excluding hydrogens is 265 g/mol. The van der Waals surface area contributed by atoms with Gasteiger partial charge in [0.15, 0.2) is 0 Å². The molecule has 1 aromatic carbocycles. The highest BCUT2D eigenvalue weighted by atomic mass is 35.5. The van der Waals surface area contributed by atoms with E-state index in [1.54, 1.807) is 6.07 Å². The van der Waals surface area contributed by atoms with Crippen LogP contribution in [0.25, 0.3) is 0 Å². The van der Waals surface area contributed by atoms with Crippen molar-refractivity contribution in [3.05, 3.63) is 34.6 Å². The van der Waals surface area contributed by atoms with Gasteiger partial charge in [0.25, 0.3) is 0 Å². The van der Waals surface area contributed by atoms with Gasteiger partial charge in [-0.15, -0.1) is 0 Å². The molecule has 0 heterocycles. The quantitative estimate of drug-likeness (QED) is 0.894. The van der Waals surface area contributed by atoms with Crippen LogP contribution in [0.4, 0.5) is 4.39 Å². The molecule has 2 nitrogen and oxygen atoms in total. The predicted octanol–water partition coefficient (Wildman–Crippen LogP) is 3.76. The second-order valence-corrected chi connectivity index (χ2v) is 5.70. The number of halogens is 2. The lowest BCUT2D eigenvalue weighted by Gasteiger charge is -2.30. The maximum absolute atomic E-state index is 12.9. The van der Waals surface area contributed by atoms with Gasteiger partial charge >= 0.3 is 0 Å². The molecule has 0 spiro atoms. The maximum atomic E-state index is 12.9. The van der Waals surface area contributed by atoms with Gasteiger partial charge < -0.3 is 10.5 Å². The van der Waals surface area contributed by atoms with Crippen LogP contribution in [0.2, 0.25) is 5.02 Å². The molecular formula is C15H21ClFNO. The Bertz CT molecular complexity index is 413. The van der Waals surface area contributed by atoms with Crippen molar-refractivity contribution in [3.63, 3.8) is 0 Å². The Labute approximate surface area is 119 Å². The van der Waals surface area contributed by atoms with Gasteiger partial charge in [-0.05, 0) is 48.9 Å². The predicted molar refractivity (Wildman–Crippen MR) is 75.6 cm³/mol. The van der Waals surface area contributed by atoms with Crippen LogP contribution in [0.1, 0.15) is 31.2 Å². The van der Waals surface area contributed by atoms with Gasteiger partial charge in [0.05, 0.1) is 13.2 Å². The van der Waals surface area contributed by atoms with Crippen LogP contribution in [0.15, 0.2) is 18.2 Å². The number of ether oxygens (including phenoxy) is 1. The third-order valence-electron chi connectivity index (χ3n) is 3.97. The van der Waals surface area contributed by atoms with E-state index < -0.39 is 0 Å². The van der Waals surface area contributed by atoms with Crippen LogP contribution >= 0.6 is 11.6 Å². The van der Waals surface area contributed by atoms with Crippen LogP contribution in [0.3, 0.4) is 0 Å². The first-order valence-corrected chi connectivity index (χ1v) is 7.30. The zero-order valence-electron chi connectivity index (χ0n) is 11.1. The molecule has 1 aromatic rings. The normalized spacial score (nSPS) is 23.5. The maximum Gasteiger partial charge on any atom is 0.124 e. The molecule has 1 aliphatic rings. The number of rotatable bonds is 5. The van der Waals surface area contributed by atoms with E-state index in [4.69, 9.17) is 22.1 Å². The number of hydrogen-bond acceptors (Lipinski definition) is 2. The van der Waals surface area contributed by atoms with E-state index in [0.29, 0.717) is 23.5 Å². The Morgan fingerprint density at radius 2 is 2.00 bits per heavy atom. The van der Waals surface area contributed by atoms with Crippen molar-refractivity contribution in [2.24, 2.45) is 17.6 Å². The molecule has 0 aliphatic heterocycles. The molecule has 1 aliphatic carbocycles. The Hall–Kier alpha value is -0.640. The first kappa shape index (κ1) is 14.8. The molecule has 0 aromatic heterocycles. The Kier molecular flexibility index (Phi) is 5.61. The van der Waals surface area contributed by atoms with Crippen molar-refractivity contribution < 1.29 is 9.13 Å². The van der Waals surface area contributed by atoms with E-state index in [1.807, 2.05) is 0 Å². The number of hydrogen-bond donors (Lipinski definition) is 1. The SMILES string of the molecule is NCC1CCCCC1COCc1ccc(F)cc1Cl. The van der Waals surface area contributed by atoms with Gasteiger partial charge in [0.2, 0.25) is 0 Å². The minimum absolute atomic E-state index is 0.316. The Morgan fingerprint density at radius 3 is 2.68 bits per heavy atom. The first-order valence-electron chi connectivity index (χ1n) is 6.92. The molecule has 0 amide bonds. The van der Waals surface area contributed by atoms with Gasteiger partial charge in [0.1, 0.15) is 5.82 Å². The fourth-order valence-corrected chi connectivity index (χ4v) is 2.99. The van der Waals surface area contributed by atoms with Crippen molar-refractivity contribution in [3.8, 4) is 0 Å². The zero-order valence-corrected chi connectivity index (χ0v) is 11.8. The van der Waals surface area contributed by atoms with Crippen molar-refractivity contribution >= 4 is 11.6 Å². The van der Waals surface area contributed by atoms with E-state index in [0.717, 1.165) is 18.7 Å². The zero-order chi connectivity index (χ0) is 13.7. The number of nitrogens with two attached hydrogens (primary N) is 1. The fourth-order valence-electron chi connectivity index (χ4n) is 2.77. The van der Waals surface area contributed by atoms with Gasteiger partial charge in [-0.1, -0.05) is 30.5 Å². The van der Waals surface area contributed by atoms with Crippen LogP contribution < -0.4 is 5.73 Å². The van der Waals surface area contributed by atoms with E-state index in [-0.39, 0.29) is 5.82 Å². The lowest BCUT2D eigenvalue weighted by Crippen LogP contribution is -2.29. The average molecular weight is 286 g/mol. The number of benzene rings is 1. The van der Waals surface area contributed by atoms with Crippen LogP contribution in [0, 0.1) is 17.7 Å². The van der Waals surface area contributed by atoms with Gasteiger partial charge in [-0.3, -0.25) is 0 Å². The third-order valence-corrected chi connectivity index (χ3v) is 4.33. The summed E-state index contributed by atoms with van der Waals surface area (Å²) in [6, 6.07) is 4.41. The van der Waals surface area contributed by atoms with Crippen LogP contribution in [-0.4, -0.2) is 13.2 Å². The van der Waals surface area contributed by atoms with E-state index in [2.05, 4.69) is 0 Å². The van der Waals surface area contributed by atoms with E-state index >= 15 is 0 Å².